The molecule has 0 spiro atoms. The Morgan fingerprint density at radius 2 is 2.41 bits per heavy atom. The molecule has 1 saturated heterocycles. The first-order valence-corrected chi connectivity index (χ1v) is 5.14. The first-order chi connectivity index (χ1) is 8.11. The van der Waals surface area contributed by atoms with Gasteiger partial charge in [-0.15, -0.1) is 0 Å². The van der Waals surface area contributed by atoms with Crippen molar-refractivity contribution >= 4 is 11.9 Å². The zero-order valence-corrected chi connectivity index (χ0v) is 9.25. The van der Waals surface area contributed by atoms with Gasteiger partial charge in [0.05, 0.1) is 19.1 Å². The Morgan fingerprint density at radius 3 is 2.94 bits per heavy atom. The lowest BCUT2D eigenvalue weighted by Crippen LogP contribution is -2.29. The number of likely N-dealkylation sites (tertiary alicyclic amines) is 1. The van der Waals surface area contributed by atoms with E-state index in [1.54, 1.807) is 0 Å². The van der Waals surface area contributed by atoms with Gasteiger partial charge in [-0.2, -0.15) is 0 Å². The van der Waals surface area contributed by atoms with E-state index < -0.39 is 11.9 Å². The fraction of sp³-hybridized carbons (Fsp3) is 0.500. The number of methoxy groups -OCH3 is 1. The van der Waals surface area contributed by atoms with Crippen LogP contribution in [0.1, 0.15) is 17.0 Å². The van der Waals surface area contributed by atoms with E-state index in [4.69, 9.17) is 14.4 Å². The topological polar surface area (TPSA) is 92.9 Å². The molecule has 92 valence electrons. The largest absolute Gasteiger partial charge is 0.481 e. The normalized spacial score (nSPS) is 19.4. The second kappa shape index (κ2) is 4.44. The van der Waals surface area contributed by atoms with E-state index in [1.165, 1.54) is 18.1 Å². The van der Waals surface area contributed by atoms with Crippen molar-refractivity contribution in [2.45, 2.75) is 6.42 Å². The second-order valence-electron chi connectivity index (χ2n) is 3.81. The predicted octanol–water partition coefficient (Wildman–Crippen LogP) is 0.230. The van der Waals surface area contributed by atoms with Crippen LogP contribution in [0.4, 0.5) is 0 Å². The number of ether oxygens (including phenoxy) is 1. The summed E-state index contributed by atoms with van der Waals surface area (Å²) in [6, 6.07) is 1.39. The molecule has 1 fully saturated rings. The molecule has 2 rings (SSSR count). The Kier molecular flexibility index (Phi) is 2.99. The first kappa shape index (κ1) is 11.4. The molecule has 1 N–H and O–H groups in total. The SMILES string of the molecule is COc1cc(C(=O)N2CCC(C(=O)O)C2)on1. The van der Waals surface area contributed by atoms with Gasteiger partial charge >= 0.3 is 5.97 Å². The summed E-state index contributed by atoms with van der Waals surface area (Å²) < 4.78 is 9.61. The molecule has 7 nitrogen and oxygen atoms in total. The van der Waals surface area contributed by atoms with Gasteiger partial charge in [-0.25, -0.2) is 0 Å². The number of hydrogen-bond acceptors (Lipinski definition) is 5. The lowest BCUT2D eigenvalue weighted by molar-refractivity contribution is -0.141. The van der Waals surface area contributed by atoms with Gasteiger partial charge in [0.1, 0.15) is 0 Å². The van der Waals surface area contributed by atoms with E-state index >= 15 is 0 Å². The molecule has 1 aromatic rings. The zero-order valence-electron chi connectivity index (χ0n) is 9.25. The van der Waals surface area contributed by atoms with Gasteiger partial charge in [0.25, 0.3) is 11.8 Å². The van der Waals surface area contributed by atoms with Crippen LogP contribution in [0.3, 0.4) is 0 Å². The lowest BCUT2D eigenvalue weighted by atomic mass is 10.1. The highest BCUT2D eigenvalue weighted by atomic mass is 16.5. The molecular weight excluding hydrogens is 228 g/mol. The van der Waals surface area contributed by atoms with Crippen LogP contribution >= 0.6 is 0 Å². The first-order valence-electron chi connectivity index (χ1n) is 5.14. The minimum absolute atomic E-state index is 0.0629. The minimum atomic E-state index is -0.879. The fourth-order valence-corrected chi connectivity index (χ4v) is 1.76. The highest BCUT2D eigenvalue weighted by molar-refractivity contribution is 5.92. The van der Waals surface area contributed by atoms with Crippen molar-refractivity contribution < 1.29 is 24.0 Å². The Morgan fingerprint density at radius 1 is 1.65 bits per heavy atom. The molecule has 1 aliphatic heterocycles. The van der Waals surface area contributed by atoms with Crippen LogP contribution in [0, 0.1) is 5.92 Å². The molecule has 1 aliphatic rings. The summed E-state index contributed by atoms with van der Waals surface area (Å²) >= 11 is 0. The summed E-state index contributed by atoms with van der Waals surface area (Å²) in [6.07, 6.45) is 0.465. The number of carboxylic acid groups (broad SMARTS) is 1. The number of carbonyl (C=O) groups is 2. The fourth-order valence-electron chi connectivity index (χ4n) is 1.76. The number of rotatable bonds is 3. The number of aliphatic carboxylic acids is 1. The average molecular weight is 240 g/mol. The summed E-state index contributed by atoms with van der Waals surface area (Å²) in [6.45, 7) is 0.621. The summed E-state index contributed by atoms with van der Waals surface area (Å²) in [5.41, 5.74) is 0. The van der Waals surface area contributed by atoms with Crippen LogP contribution in [-0.2, 0) is 4.79 Å². The Hall–Kier alpha value is -2.05. The van der Waals surface area contributed by atoms with Gasteiger partial charge in [-0.05, 0) is 11.6 Å². The predicted molar refractivity (Wildman–Crippen MR) is 54.7 cm³/mol. The van der Waals surface area contributed by atoms with Crippen molar-refractivity contribution in [1.29, 1.82) is 0 Å². The highest BCUT2D eigenvalue weighted by Gasteiger charge is 2.32. The third-order valence-corrected chi connectivity index (χ3v) is 2.73. The van der Waals surface area contributed by atoms with Crippen LogP contribution in [0.2, 0.25) is 0 Å². The van der Waals surface area contributed by atoms with Crippen molar-refractivity contribution in [3.8, 4) is 5.88 Å². The Labute approximate surface area is 96.9 Å². The van der Waals surface area contributed by atoms with Crippen molar-refractivity contribution in [1.82, 2.24) is 10.1 Å². The van der Waals surface area contributed by atoms with E-state index in [0.717, 1.165) is 0 Å². The molecule has 0 saturated carbocycles. The van der Waals surface area contributed by atoms with E-state index in [2.05, 4.69) is 5.16 Å². The van der Waals surface area contributed by atoms with E-state index in [1.807, 2.05) is 0 Å². The monoisotopic (exact) mass is 240 g/mol. The molecular formula is C10H12N2O5. The maximum absolute atomic E-state index is 11.9. The van der Waals surface area contributed by atoms with Gasteiger partial charge in [-0.1, -0.05) is 0 Å². The maximum atomic E-state index is 11.9. The Balaban J connectivity index is 2.04. The van der Waals surface area contributed by atoms with Crippen LogP contribution in [0.5, 0.6) is 5.88 Å². The summed E-state index contributed by atoms with van der Waals surface area (Å²) in [5, 5.41) is 12.4. The van der Waals surface area contributed by atoms with Gasteiger partial charge in [0, 0.05) is 13.1 Å². The second-order valence-corrected chi connectivity index (χ2v) is 3.81. The van der Waals surface area contributed by atoms with E-state index in [-0.39, 0.29) is 24.1 Å². The molecule has 0 aromatic carbocycles. The Bertz CT molecular complexity index is 442. The van der Waals surface area contributed by atoms with Crippen molar-refractivity contribution in [2.24, 2.45) is 5.92 Å². The quantitative estimate of drug-likeness (QED) is 0.812. The number of carboxylic acids is 1. The van der Waals surface area contributed by atoms with Crippen LogP contribution in [0.25, 0.3) is 0 Å². The van der Waals surface area contributed by atoms with Crippen LogP contribution in [-0.4, -0.2) is 47.2 Å². The third-order valence-electron chi connectivity index (χ3n) is 2.73. The molecule has 0 radical (unpaired) electrons. The lowest BCUT2D eigenvalue weighted by Gasteiger charge is -2.12. The number of aromatic nitrogens is 1. The summed E-state index contributed by atoms with van der Waals surface area (Å²) in [5.74, 6) is -1.45. The number of amides is 1. The van der Waals surface area contributed by atoms with Gasteiger partial charge in [0.2, 0.25) is 5.76 Å². The number of carbonyl (C=O) groups excluding carboxylic acids is 1. The molecule has 17 heavy (non-hydrogen) atoms. The molecule has 0 bridgehead atoms. The number of nitrogens with zero attached hydrogens (tertiary/aromatic N) is 2. The van der Waals surface area contributed by atoms with E-state index in [9.17, 15) is 9.59 Å². The van der Waals surface area contributed by atoms with Gasteiger partial charge in [-0.3, -0.25) is 9.59 Å². The smallest absolute Gasteiger partial charge is 0.308 e. The average Bonchev–Trinajstić information content (AvgIpc) is 2.97. The summed E-state index contributed by atoms with van der Waals surface area (Å²) in [7, 11) is 1.42. The third kappa shape index (κ3) is 2.22. The van der Waals surface area contributed by atoms with Crippen LogP contribution in [0.15, 0.2) is 10.6 Å². The van der Waals surface area contributed by atoms with Crippen molar-refractivity contribution in [2.75, 3.05) is 20.2 Å². The number of hydrogen-bond donors (Lipinski definition) is 1. The molecule has 1 unspecified atom stereocenters. The molecule has 1 aromatic heterocycles. The minimum Gasteiger partial charge on any atom is -0.481 e. The summed E-state index contributed by atoms with van der Waals surface area (Å²) in [4.78, 5) is 24.1. The van der Waals surface area contributed by atoms with Gasteiger partial charge < -0.3 is 19.3 Å². The van der Waals surface area contributed by atoms with Crippen LogP contribution < -0.4 is 4.74 Å². The standard InChI is InChI=1S/C10H12N2O5/c1-16-8-4-7(17-11-8)9(13)12-3-2-6(5-12)10(14)15/h4,6H,2-3,5H2,1H3,(H,14,15). The molecule has 7 heteroatoms. The van der Waals surface area contributed by atoms with Crippen molar-refractivity contribution in [3.63, 3.8) is 0 Å². The maximum Gasteiger partial charge on any atom is 0.308 e. The molecule has 1 amide bonds. The molecule has 0 aliphatic carbocycles. The van der Waals surface area contributed by atoms with E-state index in [0.29, 0.717) is 13.0 Å². The van der Waals surface area contributed by atoms with Crippen molar-refractivity contribution in [3.05, 3.63) is 11.8 Å². The highest BCUT2D eigenvalue weighted by Crippen LogP contribution is 2.20. The molecule has 2 heterocycles. The van der Waals surface area contributed by atoms with Gasteiger partial charge in [0.15, 0.2) is 0 Å². The molecule has 1 atom stereocenters. The zero-order chi connectivity index (χ0) is 12.4.